The molecular formula is C32H48O5. The summed E-state index contributed by atoms with van der Waals surface area (Å²) in [6, 6.07) is 0. The molecule has 0 aromatic rings. The number of allylic oxidation sites excluding steroid dienone is 3. The number of carboxylic acid groups (broad SMARTS) is 1. The Kier molecular flexibility index (Phi) is 7.12. The summed E-state index contributed by atoms with van der Waals surface area (Å²) in [5, 5.41) is 10.4. The first-order chi connectivity index (χ1) is 17.1. The number of carbonyl (C=O) groups is 3. The van der Waals surface area contributed by atoms with Gasteiger partial charge in [-0.25, -0.2) is 0 Å². The largest absolute Gasteiger partial charge is 0.481 e. The van der Waals surface area contributed by atoms with E-state index < -0.39 is 17.3 Å². The summed E-state index contributed by atoms with van der Waals surface area (Å²) in [4.78, 5) is 37.9. The van der Waals surface area contributed by atoms with E-state index in [2.05, 4.69) is 40.7 Å². The van der Waals surface area contributed by atoms with Crippen molar-refractivity contribution in [2.75, 3.05) is 0 Å². The molecule has 7 unspecified atom stereocenters. The van der Waals surface area contributed by atoms with Gasteiger partial charge in [-0.15, -0.1) is 0 Å². The number of hydrogen-bond acceptors (Lipinski definition) is 4. The summed E-state index contributed by atoms with van der Waals surface area (Å²) in [7, 11) is 0. The topological polar surface area (TPSA) is 80.7 Å². The molecule has 4 rings (SSSR count). The van der Waals surface area contributed by atoms with Gasteiger partial charge in [0.05, 0.1) is 5.92 Å². The maximum Gasteiger partial charge on any atom is 0.306 e. The van der Waals surface area contributed by atoms with Crippen LogP contribution in [0.2, 0.25) is 0 Å². The van der Waals surface area contributed by atoms with Crippen LogP contribution in [0, 0.1) is 39.4 Å². The molecule has 4 aliphatic rings. The van der Waals surface area contributed by atoms with Crippen LogP contribution in [0.5, 0.6) is 0 Å². The summed E-state index contributed by atoms with van der Waals surface area (Å²) < 4.78 is 6.10. The van der Waals surface area contributed by atoms with E-state index in [0.29, 0.717) is 31.0 Å². The lowest BCUT2D eigenvalue weighted by Crippen LogP contribution is -2.55. The number of ketones is 1. The number of hydrogen-bond donors (Lipinski definition) is 1. The summed E-state index contributed by atoms with van der Waals surface area (Å²) >= 11 is 0. The van der Waals surface area contributed by atoms with Crippen molar-refractivity contribution in [3.8, 4) is 0 Å². The number of ether oxygens (including phenoxy) is 1. The minimum absolute atomic E-state index is 0.0379. The fourth-order valence-electron chi connectivity index (χ4n) is 9.57. The fourth-order valence-corrected chi connectivity index (χ4v) is 9.57. The predicted octanol–water partition coefficient (Wildman–Crippen LogP) is 7.29. The molecule has 5 nitrogen and oxygen atoms in total. The Balaban J connectivity index is 1.81. The normalized spacial score (nSPS) is 39.2. The minimum atomic E-state index is -0.734. The highest BCUT2D eigenvalue weighted by molar-refractivity contribution is 5.85. The van der Waals surface area contributed by atoms with Gasteiger partial charge in [0.2, 0.25) is 0 Å². The molecule has 5 heteroatoms. The number of fused-ring (bicyclic) bond motifs is 4. The maximum atomic E-state index is 12.9. The third kappa shape index (κ3) is 4.14. The summed E-state index contributed by atoms with van der Waals surface area (Å²) in [5.41, 5.74) is 3.05. The lowest BCUT2D eigenvalue weighted by Gasteiger charge is -2.61. The van der Waals surface area contributed by atoms with Gasteiger partial charge in [0, 0.05) is 24.2 Å². The molecule has 0 amide bonds. The quantitative estimate of drug-likeness (QED) is 0.298. The SMILES string of the molecule is CC(=O)OC1CC(C(CCC=C(C)C)C(=O)O)C2(C)CCC3=C(CCC4C(C)(C)C(=O)CCC34C)C12C. The Morgan fingerprint density at radius 3 is 2.30 bits per heavy atom. The third-order valence-corrected chi connectivity index (χ3v) is 11.7. The summed E-state index contributed by atoms with van der Waals surface area (Å²) in [5.74, 6) is -0.863. The molecule has 2 saturated carbocycles. The van der Waals surface area contributed by atoms with Crippen LogP contribution in [0.15, 0.2) is 22.8 Å². The van der Waals surface area contributed by atoms with Crippen molar-refractivity contribution in [1.82, 2.24) is 0 Å². The van der Waals surface area contributed by atoms with Crippen LogP contribution >= 0.6 is 0 Å². The first kappa shape index (κ1) is 28.1. The van der Waals surface area contributed by atoms with Crippen LogP contribution in [0.25, 0.3) is 0 Å². The second kappa shape index (κ2) is 9.38. The number of esters is 1. The van der Waals surface area contributed by atoms with E-state index in [1.54, 1.807) is 0 Å². The molecule has 0 spiro atoms. The zero-order valence-electron chi connectivity index (χ0n) is 24.3. The fraction of sp³-hybridized carbons (Fsp3) is 0.781. The Hall–Kier alpha value is -1.91. The van der Waals surface area contributed by atoms with Gasteiger partial charge in [-0.3, -0.25) is 14.4 Å². The van der Waals surface area contributed by atoms with Gasteiger partial charge in [-0.2, -0.15) is 0 Å². The maximum absolute atomic E-state index is 12.9. The van der Waals surface area contributed by atoms with E-state index in [0.717, 1.165) is 38.5 Å². The van der Waals surface area contributed by atoms with Crippen LogP contribution in [0.4, 0.5) is 0 Å². The smallest absolute Gasteiger partial charge is 0.306 e. The average molecular weight is 513 g/mol. The van der Waals surface area contributed by atoms with E-state index in [-0.39, 0.29) is 34.2 Å². The van der Waals surface area contributed by atoms with Crippen molar-refractivity contribution < 1.29 is 24.2 Å². The van der Waals surface area contributed by atoms with Gasteiger partial charge in [0.1, 0.15) is 11.9 Å². The first-order valence-electron chi connectivity index (χ1n) is 14.4. The molecule has 0 radical (unpaired) electrons. The first-order valence-corrected chi connectivity index (χ1v) is 14.4. The van der Waals surface area contributed by atoms with Crippen molar-refractivity contribution in [1.29, 1.82) is 0 Å². The lowest BCUT2D eigenvalue weighted by atomic mass is 9.43. The van der Waals surface area contributed by atoms with Crippen molar-refractivity contribution in [3.63, 3.8) is 0 Å². The van der Waals surface area contributed by atoms with E-state index in [4.69, 9.17) is 4.74 Å². The highest BCUT2D eigenvalue weighted by Crippen LogP contribution is 2.72. The molecule has 0 aliphatic heterocycles. The molecule has 0 heterocycles. The zero-order valence-corrected chi connectivity index (χ0v) is 24.3. The third-order valence-electron chi connectivity index (χ3n) is 11.7. The van der Waals surface area contributed by atoms with Crippen molar-refractivity contribution in [2.45, 2.75) is 119 Å². The second-order valence-corrected chi connectivity index (χ2v) is 14.0. The standard InChI is InChI=1S/C32H48O5/c1-19(2)10-9-11-21(28(35)36)24-18-27(37-20(3)33)32(8)23-12-13-25-29(4,5)26(34)15-16-30(25,6)22(23)14-17-31(24,32)7/h10,21,24-25,27H,9,11-18H2,1-8H3,(H,35,36). The monoisotopic (exact) mass is 512 g/mol. The lowest BCUT2D eigenvalue weighted by molar-refractivity contribution is -0.154. The Labute approximate surface area is 223 Å². The van der Waals surface area contributed by atoms with Crippen LogP contribution < -0.4 is 0 Å². The molecule has 0 saturated heterocycles. The van der Waals surface area contributed by atoms with Crippen LogP contribution in [0.1, 0.15) is 113 Å². The molecule has 0 aromatic heterocycles. The Bertz CT molecular complexity index is 1050. The average Bonchev–Trinajstić information content (AvgIpc) is 3.01. The summed E-state index contributed by atoms with van der Waals surface area (Å²) in [6.07, 6.45) is 8.96. The van der Waals surface area contributed by atoms with E-state index in [1.165, 1.54) is 23.6 Å². The number of carbonyl (C=O) groups excluding carboxylic acids is 2. The van der Waals surface area contributed by atoms with Crippen LogP contribution in [-0.4, -0.2) is 28.9 Å². The van der Waals surface area contributed by atoms with Gasteiger partial charge in [0.25, 0.3) is 0 Å². The highest BCUT2D eigenvalue weighted by Gasteiger charge is 2.68. The number of Topliss-reactive ketones (excluding diaryl/α,β-unsaturated/α-hetero) is 1. The Morgan fingerprint density at radius 2 is 1.70 bits per heavy atom. The van der Waals surface area contributed by atoms with Crippen LogP contribution in [0.3, 0.4) is 0 Å². The molecule has 206 valence electrons. The molecule has 7 atom stereocenters. The molecule has 0 bridgehead atoms. The van der Waals surface area contributed by atoms with Gasteiger partial charge in [-0.1, -0.05) is 57.4 Å². The Morgan fingerprint density at radius 1 is 1.03 bits per heavy atom. The molecule has 1 N–H and O–H groups in total. The number of carboxylic acids is 1. The second-order valence-electron chi connectivity index (χ2n) is 14.0. The van der Waals surface area contributed by atoms with E-state index in [9.17, 15) is 19.5 Å². The van der Waals surface area contributed by atoms with Gasteiger partial charge in [-0.05, 0) is 87.9 Å². The van der Waals surface area contributed by atoms with Crippen molar-refractivity contribution in [2.24, 2.45) is 39.4 Å². The van der Waals surface area contributed by atoms with Crippen molar-refractivity contribution in [3.05, 3.63) is 22.8 Å². The highest BCUT2D eigenvalue weighted by atomic mass is 16.5. The van der Waals surface area contributed by atoms with E-state index in [1.807, 2.05) is 13.8 Å². The summed E-state index contributed by atoms with van der Waals surface area (Å²) in [6.45, 7) is 16.8. The molecule has 2 fully saturated rings. The van der Waals surface area contributed by atoms with Crippen molar-refractivity contribution >= 4 is 17.7 Å². The van der Waals surface area contributed by atoms with Gasteiger partial charge < -0.3 is 9.84 Å². The zero-order chi connectivity index (χ0) is 27.6. The van der Waals surface area contributed by atoms with Crippen LogP contribution in [-0.2, 0) is 19.1 Å². The minimum Gasteiger partial charge on any atom is -0.481 e. The molecular weight excluding hydrogens is 464 g/mol. The van der Waals surface area contributed by atoms with E-state index >= 15 is 0 Å². The van der Waals surface area contributed by atoms with Gasteiger partial charge in [0.15, 0.2) is 0 Å². The predicted molar refractivity (Wildman–Crippen MR) is 145 cm³/mol. The van der Waals surface area contributed by atoms with Gasteiger partial charge >= 0.3 is 11.9 Å². The number of rotatable bonds is 6. The molecule has 4 aliphatic carbocycles. The number of aliphatic carboxylic acids is 1. The molecule has 0 aromatic carbocycles. The molecule has 37 heavy (non-hydrogen) atoms.